The van der Waals surface area contributed by atoms with E-state index in [-0.39, 0.29) is 11.9 Å². The monoisotopic (exact) mass is 435 g/mol. The van der Waals surface area contributed by atoms with Gasteiger partial charge in [-0.15, -0.1) is 0 Å². The molecular formula is C25H33N5O2. The molecule has 0 radical (unpaired) electrons. The maximum absolute atomic E-state index is 13.1. The maximum atomic E-state index is 13.1. The first kappa shape index (κ1) is 21.2. The van der Waals surface area contributed by atoms with Crippen LogP contribution in [-0.4, -0.2) is 53.1 Å². The van der Waals surface area contributed by atoms with Crippen molar-refractivity contribution in [3.8, 4) is 0 Å². The molecule has 1 saturated heterocycles. The van der Waals surface area contributed by atoms with Gasteiger partial charge in [0.2, 0.25) is 5.95 Å². The summed E-state index contributed by atoms with van der Waals surface area (Å²) >= 11 is 0. The summed E-state index contributed by atoms with van der Waals surface area (Å²) in [6.45, 7) is 7.38. The van der Waals surface area contributed by atoms with E-state index in [1.165, 1.54) is 37.7 Å². The van der Waals surface area contributed by atoms with Gasteiger partial charge in [-0.25, -0.2) is 4.98 Å². The average Bonchev–Trinajstić information content (AvgIpc) is 3.18. The van der Waals surface area contributed by atoms with Gasteiger partial charge < -0.3 is 19.9 Å². The third-order valence-corrected chi connectivity index (χ3v) is 6.95. The first-order valence-corrected chi connectivity index (χ1v) is 12.0. The van der Waals surface area contributed by atoms with Crippen molar-refractivity contribution in [3.63, 3.8) is 0 Å². The Morgan fingerprint density at radius 1 is 1.03 bits per heavy atom. The first-order valence-electron chi connectivity index (χ1n) is 12.0. The molecule has 0 unspecified atom stereocenters. The van der Waals surface area contributed by atoms with Crippen LogP contribution in [0, 0.1) is 0 Å². The fraction of sp³-hybridized carbons (Fsp3) is 0.560. The lowest BCUT2D eigenvalue weighted by molar-refractivity contribution is 0.0726. The molecule has 2 aliphatic heterocycles. The summed E-state index contributed by atoms with van der Waals surface area (Å²) in [7, 11) is 0. The highest BCUT2D eigenvalue weighted by atomic mass is 16.5. The van der Waals surface area contributed by atoms with Crippen LogP contribution in [0.1, 0.15) is 73.5 Å². The van der Waals surface area contributed by atoms with Gasteiger partial charge in [0.1, 0.15) is 11.5 Å². The number of hydrogen-bond acceptors (Lipinski definition) is 6. The molecule has 1 saturated carbocycles. The van der Waals surface area contributed by atoms with E-state index in [4.69, 9.17) is 14.7 Å². The minimum Gasteiger partial charge on any atom is -0.378 e. The summed E-state index contributed by atoms with van der Waals surface area (Å²) in [5, 5.41) is 3.51. The predicted octanol–water partition coefficient (Wildman–Crippen LogP) is 4.47. The van der Waals surface area contributed by atoms with Crippen molar-refractivity contribution >= 4 is 23.4 Å². The smallest absolute Gasteiger partial charge is 0.273 e. The number of nitrogens with one attached hydrogen (secondary N) is 1. The molecule has 2 aromatic rings. The van der Waals surface area contributed by atoms with E-state index in [1.807, 2.05) is 18.7 Å². The number of rotatable bonds is 5. The zero-order valence-corrected chi connectivity index (χ0v) is 19.1. The Bertz CT molecular complexity index is 963. The molecule has 7 nitrogen and oxygen atoms in total. The van der Waals surface area contributed by atoms with Gasteiger partial charge >= 0.3 is 0 Å². The number of anilines is 3. The van der Waals surface area contributed by atoms with E-state index >= 15 is 0 Å². The van der Waals surface area contributed by atoms with Crippen molar-refractivity contribution in [1.82, 2.24) is 14.9 Å². The number of benzene rings is 1. The predicted molar refractivity (Wildman–Crippen MR) is 126 cm³/mol. The molecule has 2 fully saturated rings. The summed E-state index contributed by atoms with van der Waals surface area (Å²) in [4.78, 5) is 26.6. The molecule has 1 aliphatic carbocycles. The second-order valence-corrected chi connectivity index (χ2v) is 9.41. The van der Waals surface area contributed by atoms with E-state index in [2.05, 4.69) is 34.5 Å². The number of carbonyl (C=O) groups is 1. The zero-order valence-electron chi connectivity index (χ0n) is 19.1. The van der Waals surface area contributed by atoms with Gasteiger partial charge in [0.25, 0.3) is 5.91 Å². The van der Waals surface area contributed by atoms with E-state index < -0.39 is 0 Å². The van der Waals surface area contributed by atoms with Crippen molar-refractivity contribution in [2.75, 3.05) is 36.5 Å². The van der Waals surface area contributed by atoms with Crippen LogP contribution in [0.25, 0.3) is 0 Å². The van der Waals surface area contributed by atoms with E-state index in [1.54, 1.807) is 0 Å². The second kappa shape index (κ2) is 9.06. The number of hydrogen-bond donors (Lipinski definition) is 1. The normalized spacial score (nSPS) is 19.5. The number of nitrogens with zero attached hydrogens (tertiary/aromatic N) is 4. The zero-order chi connectivity index (χ0) is 22.1. The van der Waals surface area contributed by atoms with Crippen LogP contribution in [0.4, 0.5) is 17.5 Å². The van der Waals surface area contributed by atoms with Gasteiger partial charge in [-0.3, -0.25) is 4.79 Å². The van der Waals surface area contributed by atoms with Crippen molar-refractivity contribution in [3.05, 3.63) is 41.1 Å². The molecular weight excluding hydrogens is 402 g/mol. The van der Waals surface area contributed by atoms with Crippen LogP contribution >= 0.6 is 0 Å². The Hall–Kier alpha value is -2.67. The van der Waals surface area contributed by atoms with Crippen LogP contribution in [0.2, 0.25) is 0 Å². The Balaban J connectivity index is 1.44. The fourth-order valence-corrected chi connectivity index (χ4v) is 5.01. The van der Waals surface area contributed by atoms with Crippen molar-refractivity contribution in [1.29, 1.82) is 0 Å². The minimum absolute atomic E-state index is 0.0115. The molecule has 32 heavy (non-hydrogen) atoms. The lowest BCUT2D eigenvalue weighted by atomic mass is 9.84. The van der Waals surface area contributed by atoms with E-state index in [9.17, 15) is 4.79 Å². The molecule has 1 N–H and O–H groups in total. The van der Waals surface area contributed by atoms with Gasteiger partial charge in [-0.1, -0.05) is 31.4 Å². The number of fused-ring (bicyclic) bond motifs is 1. The Labute approximate surface area is 190 Å². The minimum atomic E-state index is -0.0115. The Morgan fingerprint density at radius 3 is 2.44 bits per heavy atom. The van der Waals surface area contributed by atoms with Gasteiger partial charge in [0, 0.05) is 30.4 Å². The Kier molecular flexibility index (Phi) is 6.00. The van der Waals surface area contributed by atoms with Crippen LogP contribution in [0.15, 0.2) is 24.3 Å². The fourth-order valence-electron chi connectivity index (χ4n) is 5.01. The van der Waals surface area contributed by atoms with Crippen molar-refractivity contribution < 1.29 is 9.53 Å². The summed E-state index contributed by atoms with van der Waals surface area (Å²) in [6, 6.07) is 8.89. The lowest BCUT2D eigenvalue weighted by Crippen LogP contribution is -2.37. The highest BCUT2D eigenvalue weighted by Gasteiger charge is 2.35. The number of aromatic nitrogens is 2. The molecule has 1 aromatic heterocycles. The molecule has 0 spiro atoms. The summed E-state index contributed by atoms with van der Waals surface area (Å²) in [5.41, 5.74) is 3.83. The van der Waals surface area contributed by atoms with Crippen molar-refractivity contribution in [2.24, 2.45) is 0 Å². The third kappa shape index (κ3) is 4.18. The van der Waals surface area contributed by atoms with Gasteiger partial charge in [0.05, 0.1) is 19.8 Å². The average molecular weight is 436 g/mol. The first-order chi connectivity index (χ1) is 15.6. The van der Waals surface area contributed by atoms with E-state index in [0.717, 1.165) is 30.2 Å². The quantitative estimate of drug-likeness (QED) is 0.747. The van der Waals surface area contributed by atoms with Crippen LogP contribution in [0.5, 0.6) is 0 Å². The second-order valence-electron chi connectivity index (χ2n) is 9.41. The standard InChI is InChI=1S/C25H33N5O2/c1-17(2)30-16-21-22(24(30)31)27-25(29-12-14-32-15-13-29)28-23(21)26-20-10-8-19(9-11-20)18-6-4-3-5-7-18/h8-11,17-18H,3-7,12-16H2,1-2H3,(H,26,27,28). The highest BCUT2D eigenvalue weighted by molar-refractivity contribution is 5.98. The van der Waals surface area contributed by atoms with Crippen LogP contribution < -0.4 is 10.2 Å². The summed E-state index contributed by atoms with van der Waals surface area (Å²) in [6.07, 6.45) is 6.63. The number of morpholine rings is 1. The molecule has 5 rings (SSSR count). The molecule has 170 valence electrons. The summed E-state index contributed by atoms with van der Waals surface area (Å²) < 4.78 is 5.48. The number of carbonyl (C=O) groups excluding carboxylic acids is 1. The lowest BCUT2D eigenvalue weighted by Gasteiger charge is -2.27. The third-order valence-electron chi connectivity index (χ3n) is 6.95. The van der Waals surface area contributed by atoms with Crippen LogP contribution in [-0.2, 0) is 11.3 Å². The van der Waals surface area contributed by atoms with Gasteiger partial charge in [-0.05, 0) is 50.3 Å². The van der Waals surface area contributed by atoms with Gasteiger partial charge in [-0.2, -0.15) is 4.98 Å². The molecule has 3 aliphatic rings. The molecule has 3 heterocycles. The summed E-state index contributed by atoms with van der Waals surface area (Å²) in [5.74, 6) is 2.01. The molecule has 7 heteroatoms. The molecule has 1 amide bonds. The van der Waals surface area contributed by atoms with Gasteiger partial charge in [0.15, 0.2) is 0 Å². The van der Waals surface area contributed by atoms with Crippen LogP contribution in [0.3, 0.4) is 0 Å². The molecule has 0 atom stereocenters. The molecule has 0 bridgehead atoms. The number of ether oxygens (including phenoxy) is 1. The topological polar surface area (TPSA) is 70.6 Å². The molecule has 1 aromatic carbocycles. The highest BCUT2D eigenvalue weighted by Crippen LogP contribution is 2.35. The Morgan fingerprint density at radius 2 is 1.75 bits per heavy atom. The number of amides is 1. The SMILES string of the molecule is CC(C)N1Cc2c(Nc3ccc(C4CCCCC4)cc3)nc(N3CCOCC3)nc2C1=O. The maximum Gasteiger partial charge on any atom is 0.273 e. The van der Waals surface area contributed by atoms with Crippen molar-refractivity contribution in [2.45, 2.75) is 64.5 Å². The van der Waals surface area contributed by atoms with E-state index in [0.29, 0.717) is 37.3 Å². The largest absolute Gasteiger partial charge is 0.378 e.